The van der Waals surface area contributed by atoms with Crippen LogP contribution >= 0.6 is 11.6 Å². The number of anilines is 2. The van der Waals surface area contributed by atoms with E-state index in [1.807, 2.05) is 6.07 Å². The molecule has 5 aromatic rings. The molecular formula is C26H19ClN5O3S+. The molecule has 2 N–H and O–H groups in total. The van der Waals surface area contributed by atoms with Gasteiger partial charge in [-0.2, -0.15) is 4.57 Å². The predicted molar refractivity (Wildman–Crippen MR) is 138 cm³/mol. The van der Waals surface area contributed by atoms with Crippen LogP contribution in [0.4, 0.5) is 11.5 Å². The SMILES string of the molecule is O=C(Nc1cc[n+](-c2nc3ccccc3nc2NS(=O)(=O)c2ccccc2)cc1)c1ccccc1Cl. The van der Waals surface area contributed by atoms with Gasteiger partial charge in [-0.15, -0.1) is 0 Å². The van der Waals surface area contributed by atoms with Gasteiger partial charge in [0.2, 0.25) is 11.3 Å². The highest BCUT2D eigenvalue weighted by molar-refractivity contribution is 7.92. The molecule has 5 rings (SSSR count). The molecule has 0 spiro atoms. The normalized spacial score (nSPS) is 11.2. The van der Waals surface area contributed by atoms with Gasteiger partial charge in [-0.05, 0) is 41.4 Å². The van der Waals surface area contributed by atoms with Crippen LogP contribution in [0.25, 0.3) is 16.9 Å². The molecule has 0 aliphatic carbocycles. The summed E-state index contributed by atoms with van der Waals surface area (Å²) in [6.07, 6.45) is 3.31. The number of pyridine rings is 1. The molecule has 0 radical (unpaired) electrons. The Hall–Kier alpha value is -4.34. The molecule has 0 bridgehead atoms. The maximum Gasteiger partial charge on any atom is 0.372 e. The smallest absolute Gasteiger partial charge is 0.322 e. The number of halogens is 1. The number of fused-ring (bicyclic) bond motifs is 1. The van der Waals surface area contributed by atoms with Crippen LogP contribution in [0.15, 0.2) is 108 Å². The minimum atomic E-state index is -3.91. The molecule has 0 unspecified atom stereocenters. The number of aromatic nitrogens is 3. The summed E-state index contributed by atoms with van der Waals surface area (Å²) in [5.41, 5.74) is 2.01. The molecule has 2 aromatic heterocycles. The molecule has 10 heteroatoms. The number of hydrogen-bond donors (Lipinski definition) is 2. The number of rotatable bonds is 6. The number of carbonyl (C=O) groups excluding carboxylic acids is 1. The van der Waals surface area contributed by atoms with Crippen molar-refractivity contribution in [2.75, 3.05) is 10.0 Å². The topological polar surface area (TPSA) is 105 Å². The van der Waals surface area contributed by atoms with Crippen molar-refractivity contribution in [1.29, 1.82) is 0 Å². The second-order valence-electron chi connectivity index (χ2n) is 7.73. The zero-order valence-electron chi connectivity index (χ0n) is 18.7. The van der Waals surface area contributed by atoms with Crippen molar-refractivity contribution in [2.45, 2.75) is 4.90 Å². The Morgan fingerprint density at radius 3 is 2.08 bits per heavy atom. The molecule has 0 fully saturated rings. The van der Waals surface area contributed by atoms with E-state index in [0.717, 1.165) is 0 Å². The first-order chi connectivity index (χ1) is 17.4. The van der Waals surface area contributed by atoms with E-state index < -0.39 is 10.0 Å². The minimum Gasteiger partial charge on any atom is -0.322 e. The largest absolute Gasteiger partial charge is 0.372 e. The third kappa shape index (κ3) is 4.88. The van der Waals surface area contributed by atoms with Gasteiger partial charge in [0, 0.05) is 17.8 Å². The lowest BCUT2D eigenvalue weighted by molar-refractivity contribution is -0.598. The third-order valence-electron chi connectivity index (χ3n) is 5.29. The Morgan fingerprint density at radius 1 is 0.778 bits per heavy atom. The Morgan fingerprint density at radius 2 is 1.39 bits per heavy atom. The average molecular weight is 517 g/mol. The Bertz CT molecular complexity index is 1680. The molecule has 0 aliphatic rings. The average Bonchev–Trinajstić information content (AvgIpc) is 2.89. The number of sulfonamides is 1. The Kier molecular flexibility index (Phi) is 6.32. The molecule has 2 heterocycles. The fourth-order valence-electron chi connectivity index (χ4n) is 3.52. The fraction of sp³-hybridized carbons (Fsp3) is 0. The summed E-state index contributed by atoms with van der Waals surface area (Å²) in [5, 5.41) is 3.15. The van der Waals surface area contributed by atoms with Crippen molar-refractivity contribution >= 4 is 50.1 Å². The number of benzene rings is 3. The number of nitrogens with zero attached hydrogens (tertiary/aromatic N) is 3. The van der Waals surface area contributed by atoms with Gasteiger partial charge < -0.3 is 5.32 Å². The number of amides is 1. The van der Waals surface area contributed by atoms with E-state index in [1.165, 1.54) is 12.1 Å². The van der Waals surface area contributed by atoms with E-state index >= 15 is 0 Å². The lowest BCUT2D eigenvalue weighted by Gasteiger charge is -2.09. The lowest BCUT2D eigenvalue weighted by atomic mass is 10.2. The van der Waals surface area contributed by atoms with Gasteiger partial charge in [0.1, 0.15) is 5.52 Å². The number of carbonyl (C=O) groups is 1. The first-order valence-corrected chi connectivity index (χ1v) is 12.7. The summed E-state index contributed by atoms with van der Waals surface area (Å²) in [5.74, 6) is -0.00671. The van der Waals surface area contributed by atoms with Gasteiger partial charge in [0.25, 0.3) is 15.9 Å². The zero-order chi connectivity index (χ0) is 25.1. The van der Waals surface area contributed by atoms with E-state index in [1.54, 1.807) is 89.8 Å². The first-order valence-electron chi connectivity index (χ1n) is 10.8. The highest BCUT2D eigenvalue weighted by Gasteiger charge is 2.25. The van der Waals surface area contributed by atoms with E-state index in [0.29, 0.717) is 27.3 Å². The van der Waals surface area contributed by atoms with Crippen molar-refractivity contribution in [3.63, 3.8) is 0 Å². The van der Waals surface area contributed by atoms with Crippen LogP contribution in [-0.4, -0.2) is 24.3 Å². The summed E-state index contributed by atoms with van der Waals surface area (Å²) >= 11 is 6.12. The Balaban J connectivity index is 1.50. The molecule has 36 heavy (non-hydrogen) atoms. The van der Waals surface area contributed by atoms with Crippen LogP contribution in [0, 0.1) is 0 Å². The number of para-hydroxylation sites is 2. The molecule has 8 nitrogen and oxygen atoms in total. The van der Waals surface area contributed by atoms with E-state index in [2.05, 4.69) is 20.0 Å². The van der Waals surface area contributed by atoms with Gasteiger partial charge in [-0.25, -0.2) is 13.4 Å². The van der Waals surface area contributed by atoms with Crippen LogP contribution in [0.5, 0.6) is 0 Å². The van der Waals surface area contributed by atoms with Crippen molar-refractivity contribution in [2.24, 2.45) is 0 Å². The monoisotopic (exact) mass is 516 g/mol. The molecule has 0 aliphatic heterocycles. The quantitative estimate of drug-likeness (QED) is 0.321. The molecule has 178 valence electrons. The second kappa shape index (κ2) is 9.73. The van der Waals surface area contributed by atoms with Crippen molar-refractivity contribution in [1.82, 2.24) is 9.97 Å². The van der Waals surface area contributed by atoms with Crippen LogP contribution in [0.3, 0.4) is 0 Å². The fourth-order valence-corrected chi connectivity index (χ4v) is 4.77. The van der Waals surface area contributed by atoms with Gasteiger partial charge in [0.15, 0.2) is 0 Å². The highest BCUT2D eigenvalue weighted by Crippen LogP contribution is 2.21. The molecule has 0 saturated heterocycles. The van der Waals surface area contributed by atoms with Crippen molar-refractivity contribution < 1.29 is 17.8 Å². The van der Waals surface area contributed by atoms with Crippen molar-refractivity contribution in [3.05, 3.63) is 114 Å². The zero-order valence-corrected chi connectivity index (χ0v) is 20.2. The first kappa shape index (κ1) is 23.4. The maximum absolute atomic E-state index is 13.0. The van der Waals surface area contributed by atoms with Crippen LogP contribution in [-0.2, 0) is 10.0 Å². The van der Waals surface area contributed by atoms with E-state index in [9.17, 15) is 13.2 Å². The molecular weight excluding hydrogens is 498 g/mol. The van der Waals surface area contributed by atoms with Crippen LogP contribution < -0.4 is 14.6 Å². The Labute approximate surface area is 212 Å². The molecule has 1 amide bonds. The van der Waals surface area contributed by atoms with Crippen LogP contribution in [0.2, 0.25) is 5.02 Å². The lowest BCUT2D eigenvalue weighted by Crippen LogP contribution is -2.33. The summed E-state index contributed by atoms with van der Waals surface area (Å²) in [7, 11) is -3.91. The standard InChI is InChI=1S/C26H18ClN5O3S/c27-21-11-5-4-10-20(21)26(33)28-18-14-16-32(17-15-18)25-24(29-22-12-6-7-13-23(22)30-25)31-36(34,35)19-8-2-1-3-9-19/h1-17H,(H,29,31)/p+1. The number of nitrogens with one attached hydrogen (secondary N) is 2. The highest BCUT2D eigenvalue weighted by atomic mass is 35.5. The summed E-state index contributed by atoms with van der Waals surface area (Å²) < 4.78 is 30.2. The van der Waals surface area contributed by atoms with Gasteiger partial charge in [-0.3, -0.25) is 9.52 Å². The van der Waals surface area contributed by atoms with E-state index in [4.69, 9.17) is 11.6 Å². The minimum absolute atomic E-state index is 0.0652. The second-order valence-corrected chi connectivity index (χ2v) is 9.82. The van der Waals surface area contributed by atoms with Gasteiger partial charge in [-0.1, -0.05) is 54.1 Å². The van der Waals surface area contributed by atoms with Crippen LogP contribution in [0.1, 0.15) is 10.4 Å². The summed E-state index contributed by atoms with van der Waals surface area (Å²) in [6.45, 7) is 0. The van der Waals surface area contributed by atoms with Crippen molar-refractivity contribution in [3.8, 4) is 5.82 Å². The van der Waals surface area contributed by atoms with E-state index in [-0.39, 0.29) is 22.4 Å². The van der Waals surface area contributed by atoms with Gasteiger partial charge in [0.05, 0.1) is 27.9 Å². The summed E-state index contributed by atoms with van der Waals surface area (Å²) in [4.78, 5) is 21.9. The third-order valence-corrected chi connectivity index (χ3v) is 6.97. The van der Waals surface area contributed by atoms with Gasteiger partial charge >= 0.3 is 5.82 Å². The maximum atomic E-state index is 13.0. The molecule has 3 aromatic carbocycles. The predicted octanol–water partition coefficient (Wildman–Crippen LogP) is 4.61. The molecule has 0 saturated carbocycles. The molecule has 0 atom stereocenters. The number of hydrogen-bond acceptors (Lipinski definition) is 5. The summed E-state index contributed by atoms with van der Waals surface area (Å²) in [6, 6.07) is 25.3.